The van der Waals surface area contributed by atoms with Crippen LogP contribution in [0, 0.1) is 25.2 Å². The first-order valence-corrected chi connectivity index (χ1v) is 6.92. The van der Waals surface area contributed by atoms with Gasteiger partial charge in [0.1, 0.15) is 16.5 Å². The first-order valence-electron chi connectivity index (χ1n) is 6.10. The van der Waals surface area contributed by atoms with Crippen LogP contribution in [-0.4, -0.2) is 28.5 Å². The molecule has 100 valence electrons. The average Bonchev–Trinajstić information content (AvgIpc) is 2.62. The van der Waals surface area contributed by atoms with E-state index in [0.29, 0.717) is 31.2 Å². The second-order valence-corrected chi connectivity index (χ2v) is 5.84. The highest BCUT2D eigenvalue weighted by Gasteiger charge is 2.13. The number of thiophene rings is 1. The third-order valence-corrected chi connectivity index (χ3v) is 4.22. The minimum absolute atomic E-state index is 0.505. The molecule has 0 saturated heterocycles. The second-order valence-electron chi connectivity index (χ2n) is 4.63. The minimum Gasteiger partial charge on any atom is -0.383 e. The summed E-state index contributed by atoms with van der Waals surface area (Å²) in [6, 6.07) is 2.13. The van der Waals surface area contributed by atoms with Gasteiger partial charge in [0.25, 0.3) is 0 Å². The van der Waals surface area contributed by atoms with Gasteiger partial charge in [-0.05, 0) is 26.5 Å². The van der Waals surface area contributed by atoms with Gasteiger partial charge in [-0.15, -0.1) is 11.3 Å². The SMILES string of the molecule is Cc1sc2nc(CN(C)CCC#N)nc(N)c2c1C. The van der Waals surface area contributed by atoms with Crippen molar-refractivity contribution < 1.29 is 0 Å². The fourth-order valence-corrected chi connectivity index (χ4v) is 3.01. The first-order chi connectivity index (χ1) is 9.02. The van der Waals surface area contributed by atoms with Crippen molar-refractivity contribution in [1.29, 1.82) is 5.26 Å². The molecular weight excluding hydrogens is 258 g/mol. The molecule has 0 saturated carbocycles. The first kappa shape index (κ1) is 13.7. The Balaban J connectivity index is 2.29. The lowest BCUT2D eigenvalue weighted by Crippen LogP contribution is -2.20. The van der Waals surface area contributed by atoms with E-state index in [1.165, 1.54) is 10.4 Å². The average molecular weight is 275 g/mol. The van der Waals surface area contributed by atoms with Crippen molar-refractivity contribution in [2.24, 2.45) is 0 Å². The van der Waals surface area contributed by atoms with Gasteiger partial charge in [-0.1, -0.05) is 0 Å². The molecule has 0 bridgehead atoms. The molecule has 0 amide bonds. The number of aryl methyl sites for hydroxylation is 2. The van der Waals surface area contributed by atoms with Crippen molar-refractivity contribution in [2.75, 3.05) is 19.3 Å². The van der Waals surface area contributed by atoms with E-state index in [0.717, 1.165) is 10.2 Å². The molecule has 0 unspecified atom stereocenters. The topological polar surface area (TPSA) is 78.8 Å². The molecule has 0 fully saturated rings. The van der Waals surface area contributed by atoms with Crippen LogP contribution in [0.15, 0.2) is 0 Å². The summed E-state index contributed by atoms with van der Waals surface area (Å²) in [5.74, 6) is 1.27. The normalized spacial score (nSPS) is 11.1. The largest absolute Gasteiger partial charge is 0.383 e. The third-order valence-electron chi connectivity index (χ3n) is 3.12. The van der Waals surface area contributed by atoms with Crippen LogP contribution in [0.25, 0.3) is 10.2 Å². The zero-order valence-electron chi connectivity index (χ0n) is 11.4. The third kappa shape index (κ3) is 2.83. The smallest absolute Gasteiger partial charge is 0.146 e. The van der Waals surface area contributed by atoms with Crippen molar-refractivity contribution >= 4 is 27.4 Å². The highest BCUT2D eigenvalue weighted by molar-refractivity contribution is 7.18. The fraction of sp³-hybridized carbons (Fsp3) is 0.462. The molecule has 6 heteroatoms. The Hall–Kier alpha value is -1.71. The summed E-state index contributed by atoms with van der Waals surface area (Å²) < 4.78 is 0. The molecule has 0 spiro atoms. The van der Waals surface area contributed by atoms with Crippen LogP contribution in [0.5, 0.6) is 0 Å². The van der Waals surface area contributed by atoms with E-state index < -0.39 is 0 Å². The zero-order valence-corrected chi connectivity index (χ0v) is 12.2. The van der Waals surface area contributed by atoms with E-state index in [-0.39, 0.29) is 0 Å². The summed E-state index contributed by atoms with van der Waals surface area (Å²) in [5, 5.41) is 9.55. The summed E-state index contributed by atoms with van der Waals surface area (Å²) in [6.07, 6.45) is 0.505. The molecule has 0 aromatic carbocycles. The summed E-state index contributed by atoms with van der Waals surface area (Å²) in [4.78, 5) is 13.1. The number of nitrogens with two attached hydrogens (primary N) is 1. The molecule has 0 atom stereocenters. The predicted molar refractivity (Wildman–Crippen MR) is 77.9 cm³/mol. The standard InChI is InChI=1S/C13H17N5S/c1-8-9(2)19-13-11(8)12(15)16-10(17-13)7-18(3)6-4-5-14/h4,6-7H2,1-3H3,(H2,15,16,17). The maximum absolute atomic E-state index is 8.57. The minimum atomic E-state index is 0.505. The molecule has 0 aliphatic carbocycles. The summed E-state index contributed by atoms with van der Waals surface area (Å²) in [5.41, 5.74) is 7.20. The van der Waals surface area contributed by atoms with Gasteiger partial charge >= 0.3 is 0 Å². The quantitative estimate of drug-likeness (QED) is 0.925. The highest BCUT2D eigenvalue weighted by Crippen LogP contribution is 2.31. The molecule has 19 heavy (non-hydrogen) atoms. The van der Waals surface area contributed by atoms with Gasteiger partial charge in [-0.3, -0.25) is 4.90 Å². The Morgan fingerprint density at radius 1 is 1.37 bits per heavy atom. The number of nitrogen functional groups attached to an aromatic ring is 1. The van der Waals surface area contributed by atoms with E-state index in [1.54, 1.807) is 11.3 Å². The van der Waals surface area contributed by atoms with Crippen molar-refractivity contribution in [3.8, 4) is 6.07 Å². The molecule has 2 heterocycles. The number of anilines is 1. The summed E-state index contributed by atoms with van der Waals surface area (Å²) in [7, 11) is 1.95. The van der Waals surface area contributed by atoms with E-state index in [1.807, 2.05) is 18.9 Å². The molecule has 0 radical (unpaired) electrons. The van der Waals surface area contributed by atoms with Crippen LogP contribution >= 0.6 is 11.3 Å². The van der Waals surface area contributed by atoms with Crippen molar-refractivity contribution in [3.05, 3.63) is 16.3 Å². The van der Waals surface area contributed by atoms with Crippen molar-refractivity contribution in [1.82, 2.24) is 14.9 Å². The lowest BCUT2D eigenvalue weighted by molar-refractivity contribution is 0.327. The van der Waals surface area contributed by atoms with Gasteiger partial charge < -0.3 is 5.73 Å². The lowest BCUT2D eigenvalue weighted by Gasteiger charge is -2.13. The highest BCUT2D eigenvalue weighted by atomic mass is 32.1. The Bertz CT molecular complexity index is 641. The van der Waals surface area contributed by atoms with Gasteiger partial charge in [0.2, 0.25) is 0 Å². The van der Waals surface area contributed by atoms with Crippen LogP contribution < -0.4 is 5.73 Å². The maximum atomic E-state index is 8.57. The number of nitrogens with zero attached hydrogens (tertiary/aromatic N) is 4. The number of hydrogen-bond donors (Lipinski definition) is 1. The maximum Gasteiger partial charge on any atom is 0.146 e. The molecule has 0 aliphatic rings. The van der Waals surface area contributed by atoms with Crippen LogP contribution in [0.2, 0.25) is 0 Å². The molecule has 2 rings (SSSR count). The number of rotatable bonds is 4. The number of fused-ring (bicyclic) bond motifs is 1. The van der Waals surface area contributed by atoms with Crippen LogP contribution in [-0.2, 0) is 6.54 Å². The van der Waals surface area contributed by atoms with Gasteiger partial charge in [-0.25, -0.2) is 9.97 Å². The number of aromatic nitrogens is 2. The predicted octanol–water partition coefficient (Wildman–Crippen LogP) is 2.24. The van der Waals surface area contributed by atoms with Crippen LogP contribution in [0.1, 0.15) is 22.7 Å². The van der Waals surface area contributed by atoms with Gasteiger partial charge in [0.15, 0.2) is 0 Å². The number of hydrogen-bond acceptors (Lipinski definition) is 6. The Morgan fingerprint density at radius 3 is 2.79 bits per heavy atom. The van der Waals surface area contributed by atoms with Crippen LogP contribution in [0.4, 0.5) is 5.82 Å². The molecule has 2 aromatic heterocycles. The molecule has 0 aliphatic heterocycles. The summed E-state index contributed by atoms with van der Waals surface area (Å²) >= 11 is 1.65. The van der Waals surface area contributed by atoms with Gasteiger partial charge in [0.05, 0.1) is 18.0 Å². The van der Waals surface area contributed by atoms with E-state index in [2.05, 4.69) is 23.0 Å². The van der Waals surface area contributed by atoms with E-state index >= 15 is 0 Å². The van der Waals surface area contributed by atoms with Crippen molar-refractivity contribution in [3.63, 3.8) is 0 Å². The van der Waals surface area contributed by atoms with Crippen LogP contribution in [0.3, 0.4) is 0 Å². The monoisotopic (exact) mass is 275 g/mol. The molecule has 5 nitrogen and oxygen atoms in total. The fourth-order valence-electron chi connectivity index (χ4n) is 1.96. The van der Waals surface area contributed by atoms with Gasteiger partial charge in [0, 0.05) is 17.8 Å². The van der Waals surface area contributed by atoms with E-state index in [9.17, 15) is 0 Å². The molecule has 2 aromatic rings. The Morgan fingerprint density at radius 2 is 2.11 bits per heavy atom. The molecular formula is C13H17N5S. The van der Waals surface area contributed by atoms with Crippen molar-refractivity contribution in [2.45, 2.75) is 26.8 Å². The summed E-state index contributed by atoms with van der Waals surface area (Å²) in [6.45, 7) is 5.44. The lowest BCUT2D eigenvalue weighted by atomic mass is 10.2. The number of nitriles is 1. The second kappa shape index (κ2) is 5.51. The Labute approximate surface area is 116 Å². The molecule has 2 N–H and O–H groups in total. The van der Waals surface area contributed by atoms with E-state index in [4.69, 9.17) is 11.0 Å². The van der Waals surface area contributed by atoms with Gasteiger partial charge in [-0.2, -0.15) is 5.26 Å². The zero-order chi connectivity index (χ0) is 14.0. The Kier molecular flexibility index (Phi) is 3.98.